The Morgan fingerprint density at radius 1 is 1.53 bits per heavy atom. The Labute approximate surface area is 106 Å². The molecular weight excluding hydrogens is 236 g/mol. The third-order valence-electron chi connectivity index (χ3n) is 2.23. The number of methoxy groups -OCH3 is 1. The smallest absolute Gasteiger partial charge is 0.220 e. The van der Waals surface area contributed by atoms with Crippen LogP contribution in [0.4, 0.5) is 0 Å². The second kappa shape index (κ2) is 6.85. The van der Waals surface area contributed by atoms with Crippen LogP contribution in [0.15, 0.2) is 24.3 Å². The topological polar surface area (TPSA) is 64.3 Å². The van der Waals surface area contributed by atoms with E-state index in [9.17, 15) is 4.79 Å². The van der Waals surface area contributed by atoms with E-state index in [0.29, 0.717) is 17.8 Å². The van der Waals surface area contributed by atoms with Gasteiger partial charge >= 0.3 is 0 Å². The van der Waals surface area contributed by atoms with Gasteiger partial charge in [0.15, 0.2) is 0 Å². The summed E-state index contributed by atoms with van der Waals surface area (Å²) < 4.78 is 5.11. The van der Waals surface area contributed by atoms with Crippen molar-refractivity contribution in [2.24, 2.45) is 5.73 Å². The highest BCUT2D eigenvalue weighted by Gasteiger charge is 2.03. The highest BCUT2D eigenvalue weighted by molar-refractivity contribution is 7.80. The molecule has 17 heavy (non-hydrogen) atoms. The van der Waals surface area contributed by atoms with Crippen LogP contribution in [0.2, 0.25) is 0 Å². The minimum Gasteiger partial charge on any atom is -0.497 e. The summed E-state index contributed by atoms with van der Waals surface area (Å²) in [7, 11) is 1.62. The molecule has 0 heterocycles. The van der Waals surface area contributed by atoms with Gasteiger partial charge in [0.1, 0.15) is 5.75 Å². The molecule has 4 nitrogen and oxygen atoms in total. The molecule has 1 rings (SSSR count). The summed E-state index contributed by atoms with van der Waals surface area (Å²) in [5.41, 5.74) is 6.35. The van der Waals surface area contributed by atoms with Crippen molar-refractivity contribution in [1.82, 2.24) is 5.32 Å². The number of amides is 1. The first kappa shape index (κ1) is 13.4. The zero-order chi connectivity index (χ0) is 12.7. The standard InChI is InChI=1S/C12H16N2O2S/c1-16-10-4-2-3-9(7-10)5-6-12(15)14-8-11(13)17/h2-4,7H,5-6,8H2,1H3,(H2,13,17)(H,14,15). The van der Waals surface area contributed by atoms with Crippen LogP contribution < -0.4 is 15.8 Å². The molecule has 0 saturated carbocycles. The molecule has 0 aliphatic rings. The van der Waals surface area contributed by atoms with Gasteiger partial charge in [0.25, 0.3) is 0 Å². The quantitative estimate of drug-likeness (QED) is 0.742. The SMILES string of the molecule is COc1cccc(CCC(=O)NCC(N)=S)c1. The predicted octanol–water partition coefficient (Wildman–Crippen LogP) is 1.03. The molecule has 0 spiro atoms. The van der Waals surface area contributed by atoms with E-state index in [4.69, 9.17) is 10.5 Å². The average Bonchev–Trinajstić information content (AvgIpc) is 2.34. The summed E-state index contributed by atoms with van der Waals surface area (Å²) in [5, 5.41) is 2.64. The van der Waals surface area contributed by atoms with Crippen LogP contribution >= 0.6 is 12.2 Å². The number of hydrogen-bond donors (Lipinski definition) is 2. The molecule has 0 saturated heterocycles. The van der Waals surface area contributed by atoms with Crippen molar-refractivity contribution in [2.45, 2.75) is 12.8 Å². The van der Waals surface area contributed by atoms with Crippen LogP contribution in [0.5, 0.6) is 5.75 Å². The normalized spacial score (nSPS) is 9.71. The van der Waals surface area contributed by atoms with Crippen molar-refractivity contribution < 1.29 is 9.53 Å². The Morgan fingerprint density at radius 3 is 2.94 bits per heavy atom. The van der Waals surface area contributed by atoms with Crippen LogP contribution in [0.1, 0.15) is 12.0 Å². The van der Waals surface area contributed by atoms with Crippen molar-refractivity contribution in [1.29, 1.82) is 0 Å². The minimum absolute atomic E-state index is 0.0550. The van der Waals surface area contributed by atoms with Crippen LogP contribution in [0.25, 0.3) is 0 Å². The summed E-state index contributed by atoms with van der Waals surface area (Å²) in [5.74, 6) is 0.742. The highest BCUT2D eigenvalue weighted by Crippen LogP contribution is 2.13. The molecule has 3 N–H and O–H groups in total. The number of nitrogens with two attached hydrogens (primary N) is 1. The third-order valence-corrected chi connectivity index (χ3v) is 2.38. The maximum absolute atomic E-state index is 11.4. The summed E-state index contributed by atoms with van der Waals surface area (Å²) in [6, 6.07) is 7.65. The number of aryl methyl sites for hydroxylation is 1. The molecule has 1 aromatic carbocycles. The molecule has 92 valence electrons. The van der Waals surface area contributed by atoms with Gasteiger partial charge in [-0.2, -0.15) is 0 Å². The molecule has 5 heteroatoms. The van der Waals surface area contributed by atoms with Crippen LogP contribution in [-0.2, 0) is 11.2 Å². The third kappa shape index (κ3) is 5.31. The lowest BCUT2D eigenvalue weighted by Crippen LogP contribution is -2.32. The first-order chi connectivity index (χ1) is 8.11. The van der Waals surface area contributed by atoms with Crippen molar-refractivity contribution in [3.05, 3.63) is 29.8 Å². The van der Waals surface area contributed by atoms with Crippen LogP contribution in [-0.4, -0.2) is 24.6 Å². The van der Waals surface area contributed by atoms with Crippen molar-refractivity contribution in [3.63, 3.8) is 0 Å². The lowest BCUT2D eigenvalue weighted by atomic mass is 10.1. The first-order valence-electron chi connectivity index (χ1n) is 5.29. The lowest BCUT2D eigenvalue weighted by Gasteiger charge is -2.05. The average molecular weight is 252 g/mol. The van der Waals surface area contributed by atoms with Gasteiger partial charge in [-0.3, -0.25) is 4.79 Å². The van der Waals surface area contributed by atoms with Gasteiger partial charge in [-0.15, -0.1) is 0 Å². The van der Waals surface area contributed by atoms with Crippen LogP contribution in [0, 0.1) is 0 Å². The number of ether oxygens (including phenoxy) is 1. The molecule has 0 aliphatic carbocycles. The molecule has 0 radical (unpaired) electrons. The number of rotatable bonds is 6. The van der Waals surface area contributed by atoms with Gasteiger partial charge in [0.2, 0.25) is 5.91 Å². The van der Waals surface area contributed by atoms with Crippen molar-refractivity contribution in [2.75, 3.05) is 13.7 Å². The largest absolute Gasteiger partial charge is 0.497 e. The van der Waals surface area contributed by atoms with Crippen LogP contribution in [0.3, 0.4) is 0 Å². The Balaban J connectivity index is 2.39. The minimum atomic E-state index is -0.0550. The lowest BCUT2D eigenvalue weighted by molar-refractivity contribution is -0.120. The monoisotopic (exact) mass is 252 g/mol. The van der Waals surface area contributed by atoms with Gasteiger partial charge in [-0.25, -0.2) is 0 Å². The molecule has 0 unspecified atom stereocenters. The van der Waals surface area contributed by atoms with Gasteiger partial charge in [-0.1, -0.05) is 24.4 Å². The number of thiocarbonyl (C=S) groups is 1. The fourth-order valence-corrected chi connectivity index (χ4v) is 1.43. The molecule has 1 aromatic rings. The second-order valence-electron chi connectivity index (χ2n) is 3.59. The van der Waals surface area contributed by atoms with E-state index in [-0.39, 0.29) is 12.5 Å². The van der Waals surface area contributed by atoms with Gasteiger partial charge < -0.3 is 15.8 Å². The zero-order valence-corrected chi connectivity index (χ0v) is 10.5. The molecule has 1 amide bonds. The first-order valence-corrected chi connectivity index (χ1v) is 5.70. The van der Waals surface area contributed by atoms with Crippen molar-refractivity contribution >= 4 is 23.1 Å². The van der Waals surface area contributed by atoms with E-state index in [0.717, 1.165) is 11.3 Å². The van der Waals surface area contributed by atoms with E-state index in [1.807, 2.05) is 24.3 Å². The Kier molecular flexibility index (Phi) is 5.42. The molecule has 0 bridgehead atoms. The summed E-state index contributed by atoms with van der Waals surface area (Å²) in [6.07, 6.45) is 1.08. The van der Waals surface area contributed by atoms with E-state index >= 15 is 0 Å². The number of nitrogens with one attached hydrogen (secondary N) is 1. The number of hydrogen-bond acceptors (Lipinski definition) is 3. The highest BCUT2D eigenvalue weighted by atomic mass is 32.1. The number of carbonyl (C=O) groups excluding carboxylic acids is 1. The Bertz CT molecular complexity index is 407. The summed E-state index contributed by atoms with van der Waals surface area (Å²) in [4.78, 5) is 11.7. The van der Waals surface area contributed by atoms with Gasteiger partial charge in [0.05, 0.1) is 18.6 Å². The van der Waals surface area contributed by atoms with E-state index in [1.165, 1.54) is 0 Å². The fourth-order valence-electron chi connectivity index (χ4n) is 1.36. The zero-order valence-electron chi connectivity index (χ0n) is 9.73. The Morgan fingerprint density at radius 2 is 2.29 bits per heavy atom. The molecular formula is C12H16N2O2S. The summed E-state index contributed by atoms with van der Waals surface area (Å²) in [6.45, 7) is 0.256. The van der Waals surface area contributed by atoms with Gasteiger partial charge in [0, 0.05) is 6.42 Å². The molecule has 0 aromatic heterocycles. The second-order valence-corrected chi connectivity index (χ2v) is 4.12. The molecule has 0 fully saturated rings. The summed E-state index contributed by atoms with van der Waals surface area (Å²) >= 11 is 4.67. The molecule has 0 aliphatic heterocycles. The fraction of sp³-hybridized carbons (Fsp3) is 0.333. The molecule has 0 atom stereocenters. The number of benzene rings is 1. The van der Waals surface area contributed by atoms with E-state index in [1.54, 1.807) is 7.11 Å². The number of carbonyl (C=O) groups is 1. The predicted molar refractivity (Wildman–Crippen MR) is 71.1 cm³/mol. The van der Waals surface area contributed by atoms with Crippen molar-refractivity contribution in [3.8, 4) is 5.75 Å². The Hall–Kier alpha value is -1.62. The maximum Gasteiger partial charge on any atom is 0.220 e. The van der Waals surface area contributed by atoms with E-state index < -0.39 is 0 Å². The van der Waals surface area contributed by atoms with E-state index in [2.05, 4.69) is 17.5 Å². The maximum atomic E-state index is 11.4. The van der Waals surface area contributed by atoms with Gasteiger partial charge in [-0.05, 0) is 24.1 Å².